The van der Waals surface area contributed by atoms with Crippen LogP contribution < -0.4 is 10.2 Å². The molecule has 0 radical (unpaired) electrons. The zero-order valence-electron chi connectivity index (χ0n) is 11.3. The van der Waals surface area contributed by atoms with Crippen molar-refractivity contribution in [2.75, 3.05) is 24.5 Å². The molecule has 1 N–H and O–H groups in total. The molecule has 0 saturated carbocycles. The summed E-state index contributed by atoms with van der Waals surface area (Å²) in [5.41, 5.74) is 4.25. The Morgan fingerprint density at radius 2 is 2.18 bits per heavy atom. The van der Waals surface area contributed by atoms with Crippen molar-refractivity contribution in [2.45, 2.75) is 39.7 Å². The van der Waals surface area contributed by atoms with Gasteiger partial charge in [0.25, 0.3) is 0 Å². The molecule has 0 spiro atoms. The van der Waals surface area contributed by atoms with Crippen LogP contribution in [0.5, 0.6) is 0 Å². The highest BCUT2D eigenvalue weighted by Gasteiger charge is 2.20. The van der Waals surface area contributed by atoms with E-state index in [0.29, 0.717) is 6.04 Å². The van der Waals surface area contributed by atoms with Crippen molar-refractivity contribution in [3.8, 4) is 0 Å². The molecule has 1 aliphatic heterocycles. The quantitative estimate of drug-likeness (QED) is 0.862. The fourth-order valence-corrected chi connectivity index (χ4v) is 2.73. The lowest BCUT2D eigenvalue weighted by molar-refractivity contribution is 0.431. The Bertz CT molecular complexity index is 371. The van der Waals surface area contributed by atoms with Crippen LogP contribution in [0.1, 0.15) is 30.9 Å². The first-order valence-corrected chi connectivity index (χ1v) is 6.77. The third-order valence-electron chi connectivity index (χ3n) is 3.83. The number of benzene rings is 1. The Hall–Kier alpha value is -1.02. The highest BCUT2D eigenvalue weighted by Crippen LogP contribution is 2.25. The number of nitrogens with one attached hydrogen (secondary N) is 1. The van der Waals surface area contributed by atoms with E-state index in [1.165, 1.54) is 36.2 Å². The largest absolute Gasteiger partial charge is 0.370 e. The third kappa shape index (κ3) is 2.81. The molecule has 1 saturated heterocycles. The van der Waals surface area contributed by atoms with Crippen molar-refractivity contribution in [1.29, 1.82) is 0 Å². The molecule has 1 atom stereocenters. The second-order valence-electron chi connectivity index (χ2n) is 5.06. The van der Waals surface area contributed by atoms with Gasteiger partial charge in [-0.3, -0.25) is 0 Å². The van der Waals surface area contributed by atoms with Crippen molar-refractivity contribution in [3.63, 3.8) is 0 Å². The number of anilines is 1. The van der Waals surface area contributed by atoms with Gasteiger partial charge in [0.2, 0.25) is 0 Å². The average molecular weight is 232 g/mol. The van der Waals surface area contributed by atoms with Gasteiger partial charge < -0.3 is 10.2 Å². The second-order valence-corrected chi connectivity index (χ2v) is 5.06. The summed E-state index contributed by atoms with van der Waals surface area (Å²) in [6, 6.07) is 7.30. The van der Waals surface area contributed by atoms with Gasteiger partial charge in [0, 0.05) is 24.8 Å². The van der Waals surface area contributed by atoms with Crippen LogP contribution in [0.3, 0.4) is 0 Å². The fraction of sp³-hybridized carbons (Fsp3) is 0.600. The zero-order valence-corrected chi connectivity index (χ0v) is 11.3. The molecule has 0 amide bonds. The molecule has 94 valence electrons. The second kappa shape index (κ2) is 5.54. The first kappa shape index (κ1) is 12.4. The summed E-state index contributed by atoms with van der Waals surface area (Å²) in [5.74, 6) is 0. The Morgan fingerprint density at radius 3 is 2.94 bits per heavy atom. The van der Waals surface area contributed by atoms with Crippen LogP contribution in [0.15, 0.2) is 18.2 Å². The summed E-state index contributed by atoms with van der Waals surface area (Å²) < 4.78 is 0. The van der Waals surface area contributed by atoms with Gasteiger partial charge >= 0.3 is 0 Å². The lowest BCUT2D eigenvalue weighted by Crippen LogP contribution is -2.45. The fourth-order valence-electron chi connectivity index (χ4n) is 2.73. The summed E-state index contributed by atoms with van der Waals surface area (Å²) in [7, 11) is 0. The molecule has 2 nitrogen and oxygen atoms in total. The van der Waals surface area contributed by atoms with Gasteiger partial charge in [0.1, 0.15) is 0 Å². The molecule has 2 rings (SSSR count). The molecule has 0 aliphatic carbocycles. The number of likely N-dealkylation sites (N-methyl/N-ethyl adjacent to an activating group) is 1. The molecule has 1 aromatic carbocycles. The molecule has 1 aromatic rings. The van der Waals surface area contributed by atoms with E-state index in [1.54, 1.807) is 0 Å². The van der Waals surface area contributed by atoms with Gasteiger partial charge in [-0.2, -0.15) is 0 Å². The first-order valence-electron chi connectivity index (χ1n) is 6.77. The van der Waals surface area contributed by atoms with Crippen LogP contribution in [-0.4, -0.2) is 25.7 Å². The predicted octanol–water partition coefficient (Wildman–Crippen LogP) is 2.88. The maximum absolute atomic E-state index is 3.58. The van der Waals surface area contributed by atoms with Gasteiger partial charge in [-0.1, -0.05) is 19.1 Å². The monoisotopic (exact) mass is 232 g/mol. The van der Waals surface area contributed by atoms with E-state index in [4.69, 9.17) is 0 Å². The molecule has 17 heavy (non-hydrogen) atoms. The number of nitrogens with zero attached hydrogens (tertiary/aromatic N) is 1. The number of piperidine rings is 1. The zero-order chi connectivity index (χ0) is 12.3. The lowest BCUT2D eigenvalue weighted by atomic mass is 10.0. The van der Waals surface area contributed by atoms with E-state index in [-0.39, 0.29) is 0 Å². The number of hydrogen-bond donors (Lipinski definition) is 1. The van der Waals surface area contributed by atoms with Crippen molar-refractivity contribution >= 4 is 5.69 Å². The lowest BCUT2D eigenvalue weighted by Gasteiger charge is -2.36. The van der Waals surface area contributed by atoms with Crippen molar-refractivity contribution in [2.24, 2.45) is 0 Å². The topological polar surface area (TPSA) is 15.3 Å². The van der Waals surface area contributed by atoms with Crippen molar-refractivity contribution < 1.29 is 0 Å². The molecule has 1 aliphatic rings. The van der Waals surface area contributed by atoms with Gasteiger partial charge in [0.05, 0.1) is 0 Å². The minimum absolute atomic E-state index is 0.661. The summed E-state index contributed by atoms with van der Waals surface area (Å²) in [6.45, 7) is 10.1. The van der Waals surface area contributed by atoms with Crippen LogP contribution in [0.2, 0.25) is 0 Å². The van der Waals surface area contributed by atoms with Crippen molar-refractivity contribution in [3.05, 3.63) is 29.3 Å². The van der Waals surface area contributed by atoms with Crippen molar-refractivity contribution in [1.82, 2.24) is 5.32 Å². The van der Waals surface area contributed by atoms with E-state index in [2.05, 4.69) is 49.2 Å². The van der Waals surface area contributed by atoms with Gasteiger partial charge in [-0.25, -0.2) is 0 Å². The standard InChI is InChI=1S/C15H24N2/c1-4-16-14-8-6-10-17(11-14)15-9-5-7-12(2)13(15)3/h5,7,9,14,16H,4,6,8,10-11H2,1-3H3. The van der Waals surface area contributed by atoms with E-state index in [0.717, 1.165) is 13.1 Å². The number of aryl methyl sites for hydroxylation is 1. The maximum atomic E-state index is 3.58. The van der Waals surface area contributed by atoms with Crippen LogP contribution in [0.25, 0.3) is 0 Å². The summed E-state index contributed by atoms with van der Waals surface area (Å²) in [4.78, 5) is 2.54. The Morgan fingerprint density at radius 1 is 1.35 bits per heavy atom. The molecular formula is C15H24N2. The molecule has 1 fully saturated rings. The van der Waals surface area contributed by atoms with Crippen LogP contribution >= 0.6 is 0 Å². The Kier molecular flexibility index (Phi) is 4.06. The highest BCUT2D eigenvalue weighted by atomic mass is 15.2. The molecule has 0 aromatic heterocycles. The Labute approximate surface area is 105 Å². The molecule has 1 unspecified atom stereocenters. The van der Waals surface area contributed by atoms with Gasteiger partial charge in [-0.05, 0) is 50.4 Å². The maximum Gasteiger partial charge on any atom is 0.0399 e. The van der Waals surface area contributed by atoms with E-state index in [9.17, 15) is 0 Å². The van der Waals surface area contributed by atoms with Gasteiger partial charge in [-0.15, -0.1) is 0 Å². The SMILES string of the molecule is CCNC1CCCN(c2cccc(C)c2C)C1. The van der Waals surface area contributed by atoms with E-state index >= 15 is 0 Å². The summed E-state index contributed by atoms with van der Waals surface area (Å²) in [5, 5.41) is 3.58. The van der Waals surface area contributed by atoms with E-state index < -0.39 is 0 Å². The third-order valence-corrected chi connectivity index (χ3v) is 3.83. The van der Waals surface area contributed by atoms with E-state index in [1.807, 2.05) is 0 Å². The highest BCUT2D eigenvalue weighted by molar-refractivity contribution is 5.56. The minimum atomic E-state index is 0.661. The normalized spacial score (nSPS) is 20.6. The van der Waals surface area contributed by atoms with Gasteiger partial charge in [0.15, 0.2) is 0 Å². The minimum Gasteiger partial charge on any atom is -0.370 e. The van der Waals surface area contributed by atoms with Crippen LogP contribution in [0.4, 0.5) is 5.69 Å². The summed E-state index contributed by atoms with van der Waals surface area (Å²) in [6.07, 6.45) is 2.61. The number of rotatable bonds is 3. The smallest absolute Gasteiger partial charge is 0.0399 e. The Balaban J connectivity index is 2.13. The van der Waals surface area contributed by atoms with Crippen LogP contribution in [0, 0.1) is 13.8 Å². The average Bonchev–Trinajstić information content (AvgIpc) is 2.33. The number of hydrogen-bond acceptors (Lipinski definition) is 2. The summed E-state index contributed by atoms with van der Waals surface area (Å²) >= 11 is 0. The predicted molar refractivity (Wildman–Crippen MR) is 74.8 cm³/mol. The van der Waals surface area contributed by atoms with Crippen LogP contribution in [-0.2, 0) is 0 Å². The first-order chi connectivity index (χ1) is 8.22. The molecular weight excluding hydrogens is 208 g/mol. The molecule has 0 bridgehead atoms. The molecule has 1 heterocycles. The molecule has 2 heteroatoms.